The fraction of sp³-hybridized carbons (Fsp3) is 0.556. The highest BCUT2D eigenvalue weighted by Crippen LogP contribution is 2.44. The molecule has 4 heteroatoms. The fourth-order valence-corrected chi connectivity index (χ4v) is 5.72. The summed E-state index contributed by atoms with van der Waals surface area (Å²) in [7, 11) is 3.58. The first-order valence-corrected chi connectivity index (χ1v) is 12.1. The Bertz CT molecular complexity index is 943. The summed E-state index contributed by atoms with van der Waals surface area (Å²) in [5, 5.41) is 0. The maximum atomic E-state index is 12.5. The fourth-order valence-electron chi connectivity index (χ4n) is 4.20. The Kier molecular flexibility index (Phi) is 7.91. The largest absolute Gasteiger partial charge is 0.345 e. The molecular formula is C27H39NO2S. The average Bonchev–Trinajstić information content (AvgIpc) is 3.07. The van der Waals surface area contributed by atoms with Gasteiger partial charge in [-0.05, 0) is 61.9 Å². The average molecular weight is 442 g/mol. The number of Topliss-reactive ketones (excluding diaryl/α,β-unsaturated/α-hetero) is 1. The van der Waals surface area contributed by atoms with E-state index in [0.717, 1.165) is 30.4 Å². The molecule has 0 aliphatic carbocycles. The molecule has 1 aromatic carbocycles. The van der Waals surface area contributed by atoms with Crippen molar-refractivity contribution in [1.29, 1.82) is 0 Å². The predicted octanol–water partition coefficient (Wildman–Crippen LogP) is 6.72. The lowest BCUT2D eigenvalue weighted by Crippen LogP contribution is -2.26. The Morgan fingerprint density at radius 3 is 2.06 bits per heavy atom. The van der Waals surface area contributed by atoms with Crippen LogP contribution >= 0.6 is 11.3 Å². The maximum Gasteiger partial charge on any atom is 0.253 e. The van der Waals surface area contributed by atoms with Gasteiger partial charge >= 0.3 is 0 Å². The SMILES string of the molecule is CCC(CC)(c1ccc(C(=O)N(C)C)c(C)c1)c1cc(C)c(CCC(=O)C(C)(C)C)s1. The molecule has 2 rings (SSSR count). The van der Waals surface area contributed by atoms with E-state index >= 15 is 0 Å². The summed E-state index contributed by atoms with van der Waals surface area (Å²) in [5.74, 6) is 0.358. The molecular weight excluding hydrogens is 402 g/mol. The first-order valence-electron chi connectivity index (χ1n) is 11.3. The van der Waals surface area contributed by atoms with E-state index in [0.29, 0.717) is 12.2 Å². The first-order chi connectivity index (χ1) is 14.4. The number of hydrogen-bond donors (Lipinski definition) is 0. The van der Waals surface area contributed by atoms with Gasteiger partial charge in [-0.1, -0.05) is 46.8 Å². The van der Waals surface area contributed by atoms with Crippen molar-refractivity contribution in [2.24, 2.45) is 5.41 Å². The Morgan fingerprint density at radius 1 is 0.968 bits per heavy atom. The lowest BCUT2D eigenvalue weighted by atomic mass is 9.73. The first kappa shape index (κ1) is 25.3. The van der Waals surface area contributed by atoms with Crippen LogP contribution in [0.2, 0.25) is 0 Å². The van der Waals surface area contributed by atoms with Crippen molar-refractivity contribution in [3.8, 4) is 0 Å². The van der Waals surface area contributed by atoms with Crippen molar-refractivity contribution >= 4 is 23.0 Å². The van der Waals surface area contributed by atoms with Gasteiger partial charge < -0.3 is 4.90 Å². The summed E-state index contributed by atoms with van der Waals surface area (Å²) < 4.78 is 0. The Morgan fingerprint density at radius 2 is 1.58 bits per heavy atom. The molecule has 0 aliphatic heterocycles. The van der Waals surface area contributed by atoms with Crippen LogP contribution in [0.4, 0.5) is 0 Å². The summed E-state index contributed by atoms with van der Waals surface area (Å²) in [6.45, 7) is 14.7. The molecule has 0 unspecified atom stereocenters. The van der Waals surface area contributed by atoms with E-state index in [2.05, 4.69) is 39.0 Å². The third-order valence-electron chi connectivity index (χ3n) is 6.53. The van der Waals surface area contributed by atoms with E-state index in [4.69, 9.17) is 0 Å². The minimum atomic E-state index is -0.284. The zero-order valence-corrected chi connectivity index (χ0v) is 21.6. The summed E-state index contributed by atoms with van der Waals surface area (Å²) >= 11 is 1.86. The summed E-state index contributed by atoms with van der Waals surface area (Å²) in [5.41, 5.74) is 3.97. The summed E-state index contributed by atoms with van der Waals surface area (Å²) in [4.78, 5) is 29.2. The van der Waals surface area contributed by atoms with Crippen LogP contribution in [0.25, 0.3) is 0 Å². The van der Waals surface area contributed by atoms with Crippen LogP contribution in [-0.4, -0.2) is 30.7 Å². The van der Waals surface area contributed by atoms with Crippen molar-refractivity contribution in [1.82, 2.24) is 4.90 Å². The van der Waals surface area contributed by atoms with Gasteiger partial charge in [0.05, 0.1) is 0 Å². The molecule has 3 nitrogen and oxygen atoms in total. The minimum Gasteiger partial charge on any atom is -0.345 e. The van der Waals surface area contributed by atoms with Crippen molar-refractivity contribution in [3.63, 3.8) is 0 Å². The van der Waals surface area contributed by atoms with E-state index < -0.39 is 0 Å². The van der Waals surface area contributed by atoms with Gasteiger partial charge in [-0.2, -0.15) is 0 Å². The molecule has 1 amide bonds. The molecule has 0 saturated heterocycles. The topological polar surface area (TPSA) is 37.4 Å². The summed E-state index contributed by atoms with van der Waals surface area (Å²) in [6, 6.07) is 8.63. The van der Waals surface area contributed by atoms with Gasteiger partial charge in [-0.15, -0.1) is 11.3 Å². The second-order valence-corrected chi connectivity index (χ2v) is 11.0. The molecule has 2 aromatic rings. The second-order valence-electron chi connectivity index (χ2n) is 9.91. The van der Waals surface area contributed by atoms with Crippen LogP contribution in [-0.2, 0) is 16.6 Å². The molecule has 0 N–H and O–H groups in total. The Labute approximate surface area is 192 Å². The standard InChI is InChI=1S/C27H39NO2S/c1-10-27(11-2,20-12-13-21(18(3)16-20)25(30)28(8)9)24-17-19(4)22(31-24)14-15-23(29)26(5,6)7/h12-13,16-17H,10-11,14-15H2,1-9H3. The number of thiophene rings is 1. The number of amides is 1. The maximum absolute atomic E-state index is 12.5. The molecule has 0 saturated carbocycles. The van der Waals surface area contributed by atoms with Crippen molar-refractivity contribution in [2.75, 3.05) is 14.1 Å². The van der Waals surface area contributed by atoms with Crippen LogP contribution in [0, 0.1) is 19.3 Å². The van der Waals surface area contributed by atoms with Crippen molar-refractivity contribution < 1.29 is 9.59 Å². The normalized spacial score (nSPS) is 12.2. The molecule has 0 fully saturated rings. The highest BCUT2D eigenvalue weighted by Gasteiger charge is 2.33. The van der Waals surface area contributed by atoms with E-state index in [-0.39, 0.29) is 16.7 Å². The quantitative estimate of drug-likeness (QED) is 0.456. The van der Waals surface area contributed by atoms with Gasteiger partial charge in [0, 0.05) is 46.7 Å². The number of ketones is 1. The molecule has 1 aromatic heterocycles. The molecule has 0 aliphatic rings. The third kappa shape index (κ3) is 5.28. The second kappa shape index (κ2) is 9.68. The van der Waals surface area contributed by atoms with Gasteiger partial charge in [-0.25, -0.2) is 0 Å². The van der Waals surface area contributed by atoms with Crippen LogP contribution in [0.1, 0.15) is 90.7 Å². The molecule has 0 spiro atoms. The lowest BCUT2D eigenvalue weighted by molar-refractivity contribution is -0.126. The molecule has 0 radical (unpaired) electrons. The number of aryl methyl sites for hydroxylation is 3. The Hall–Kier alpha value is -1.94. The molecule has 0 bridgehead atoms. The number of rotatable bonds is 8. The number of nitrogens with zero attached hydrogens (tertiary/aromatic N) is 1. The van der Waals surface area contributed by atoms with Gasteiger partial charge in [0.2, 0.25) is 0 Å². The van der Waals surface area contributed by atoms with Crippen molar-refractivity contribution in [2.45, 2.75) is 79.6 Å². The van der Waals surface area contributed by atoms with Gasteiger partial charge in [0.1, 0.15) is 5.78 Å². The van der Waals surface area contributed by atoms with Crippen LogP contribution in [0.5, 0.6) is 0 Å². The number of carbonyl (C=O) groups is 2. The van der Waals surface area contributed by atoms with Gasteiger partial charge in [-0.3, -0.25) is 9.59 Å². The Balaban J connectivity index is 2.43. The van der Waals surface area contributed by atoms with E-state index in [1.807, 2.05) is 45.1 Å². The third-order valence-corrected chi connectivity index (χ3v) is 8.03. The molecule has 1 heterocycles. The highest BCUT2D eigenvalue weighted by molar-refractivity contribution is 7.12. The molecule has 0 atom stereocenters. The number of benzene rings is 1. The van der Waals surface area contributed by atoms with E-state index in [1.165, 1.54) is 20.9 Å². The smallest absolute Gasteiger partial charge is 0.253 e. The van der Waals surface area contributed by atoms with Crippen molar-refractivity contribution in [3.05, 3.63) is 56.3 Å². The van der Waals surface area contributed by atoms with E-state index in [9.17, 15) is 9.59 Å². The predicted molar refractivity (Wildman–Crippen MR) is 132 cm³/mol. The molecule has 31 heavy (non-hydrogen) atoms. The van der Waals surface area contributed by atoms with Crippen LogP contribution in [0.15, 0.2) is 24.3 Å². The van der Waals surface area contributed by atoms with Crippen LogP contribution in [0.3, 0.4) is 0 Å². The zero-order valence-electron chi connectivity index (χ0n) is 20.8. The monoisotopic (exact) mass is 441 g/mol. The summed E-state index contributed by atoms with van der Waals surface area (Å²) in [6.07, 6.45) is 3.38. The molecule has 170 valence electrons. The van der Waals surface area contributed by atoms with E-state index in [1.54, 1.807) is 19.0 Å². The van der Waals surface area contributed by atoms with Crippen LogP contribution < -0.4 is 0 Å². The lowest BCUT2D eigenvalue weighted by Gasteiger charge is -2.32. The minimum absolute atomic E-state index is 0.0421. The number of carbonyl (C=O) groups excluding carboxylic acids is 2. The highest BCUT2D eigenvalue weighted by atomic mass is 32.1. The van der Waals surface area contributed by atoms with Gasteiger partial charge in [0.25, 0.3) is 5.91 Å². The number of hydrogen-bond acceptors (Lipinski definition) is 3. The van der Waals surface area contributed by atoms with Gasteiger partial charge in [0.15, 0.2) is 0 Å². The zero-order chi connectivity index (χ0) is 23.6.